The molecule has 0 atom stereocenters. The third-order valence-electron chi connectivity index (χ3n) is 2.55. The molecule has 0 aliphatic rings. The lowest BCUT2D eigenvalue weighted by atomic mass is 10.2. The van der Waals surface area contributed by atoms with E-state index >= 15 is 0 Å². The van der Waals surface area contributed by atoms with Gasteiger partial charge in [0.15, 0.2) is 0 Å². The normalized spacial score (nSPS) is 10.9. The summed E-state index contributed by atoms with van der Waals surface area (Å²) >= 11 is 7.85. The molecule has 0 heterocycles. The van der Waals surface area contributed by atoms with Crippen molar-refractivity contribution in [3.05, 3.63) is 59.1 Å². The molecule has 0 spiro atoms. The molecule has 94 valence electrons. The zero-order chi connectivity index (χ0) is 13.0. The fourth-order valence-corrected chi connectivity index (χ4v) is 2.83. The third-order valence-corrected chi connectivity index (χ3v) is 4.07. The van der Waals surface area contributed by atoms with E-state index in [1.807, 2.05) is 24.3 Å². The van der Waals surface area contributed by atoms with Crippen molar-refractivity contribution >= 4 is 23.4 Å². The minimum atomic E-state index is 0.810. The van der Waals surface area contributed by atoms with Crippen LogP contribution in [-0.2, 0) is 6.54 Å². The Morgan fingerprint density at radius 2 is 1.67 bits per heavy atom. The molecule has 0 radical (unpaired) electrons. The number of hydrogen-bond acceptors (Lipinski definition) is 1. The molecule has 0 saturated heterocycles. The van der Waals surface area contributed by atoms with Crippen LogP contribution >= 0.6 is 23.4 Å². The van der Waals surface area contributed by atoms with Crippen LogP contribution in [0.25, 0.3) is 0 Å². The van der Waals surface area contributed by atoms with E-state index in [1.165, 1.54) is 15.4 Å². The predicted molar refractivity (Wildman–Crippen MR) is 78.5 cm³/mol. The maximum absolute atomic E-state index is 6.15. The van der Waals surface area contributed by atoms with Gasteiger partial charge in [-0.15, -0.1) is 0 Å². The highest BCUT2D eigenvalue weighted by molar-refractivity contribution is 7.99. The first-order valence-electron chi connectivity index (χ1n) is 5.95. The number of rotatable bonds is 4. The van der Waals surface area contributed by atoms with E-state index in [-0.39, 0.29) is 0 Å². The van der Waals surface area contributed by atoms with Gasteiger partial charge in [-0.2, -0.15) is 0 Å². The van der Waals surface area contributed by atoms with Crippen LogP contribution in [0, 0.1) is 0 Å². The number of quaternary nitrogens is 1. The van der Waals surface area contributed by atoms with Gasteiger partial charge in [0.2, 0.25) is 0 Å². The minimum absolute atomic E-state index is 0.810. The molecule has 0 aliphatic heterocycles. The van der Waals surface area contributed by atoms with Gasteiger partial charge in [-0.1, -0.05) is 47.6 Å². The average Bonchev–Trinajstić information content (AvgIpc) is 2.34. The first-order valence-corrected chi connectivity index (χ1v) is 7.15. The van der Waals surface area contributed by atoms with Gasteiger partial charge in [-0.05, 0) is 24.3 Å². The summed E-state index contributed by atoms with van der Waals surface area (Å²) in [6.07, 6.45) is 0. The third kappa shape index (κ3) is 3.77. The molecule has 3 heteroatoms. The number of halogens is 1. The quantitative estimate of drug-likeness (QED) is 0.900. The Balaban J connectivity index is 2.09. The Bertz CT molecular complexity index is 508. The lowest BCUT2D eigenvalue weighted by Gasteiger charge is -2.08. The van der Waals surface area contributed by atoms with E-state index in [0.29, 0.717) is 0 Å². The summed E-state index contributed by atoms with van der Waals surface area (Å²) < 4.78 is 0. The van der Waals surface area contributed by atoms with Crippen LogP contribution in [0.5, 0.6) is 0 Å². The molecule has 0 bridgehead atoms. The molecule has 0 fully saturated rings. The maximum atomic E-state index is 6.15. The Hall–Kier alpha value is -0.960. The molecule has 2 rings (SSSR count). The Kier molecular flexibility index (Phi) is 4.70. The monoisotopic (exact) mass is 278 g/mol. The maximum Gasteiger partial charge on any atom is 0.102 e. The molecule has 1 nitrogen and oxygen atoms in total. The van der Waals surface area contributed by atoms with Crippen molar-refractivity contribution in [1.82, 2.24) is 0 Å². The van der Waals surface area contributed by atoms with E-state index in [9.17, 15) is 0 Å². The molecule has 0 aromatic heterocycles. The fourth-order valence-electron chi connectivity index (χ4n) is 1.74. The smallest absolute Gasteiger partial charge is 0.102 e. The van der Waals surface area contributed by atoms with E-state index in [4.69, 9.17) is 11.6 Å². The standard InChI is InChI=1S/C15H16ClNS/c1-17(2)11-12-7-9-13(10-8-12)18-15-6-4-3-5-14(15)16/h3-10H,11H2,1-2H3/p+1. The molecule has 18 heavy (non-hydrogen) atoms. The van der Waals surface area contributed by atoms with Crippen LogP contribution in [0.2, 0.25) is 5.02 Å². The summed E-state index contributed by atoms with van der Waals surface area (Å²) in [5.74, 6) is 0. The van der Waals surface area contributed by atoms with Crippen LogP contribution in [0.15, 0.2) is 58.3 Å². The average molecular weight is 279 g/mol. The molecule has 0 amide bonds. The van der Waals surface area contributed by atoms with Crippen LogP contribution in [0.1, 0.15) is 5.56 Å². The van der Waals surface area contributed by atoms with Crippen LogP contribution in [0.4, 0.5) is 0 Å². The van der Waals surface area contributed by atoms with Crippen molar-refractivity contribution in [2.75, 3.05) is 14.1 Å². The summed E-state index contributed by atoms with van der Waals surface area (Å²) in [7, 11) is 4.32. The van der Waals surface area contributed by atoms with Gasteiger partial charge in [-0.3, -0.25) is 0 Å². The summed E-state index contributed by atoms with van der Waals surface area (Å²) in [4.78, 5) is 3.76. The molecule has 0 aliphatic carbocycles. The molecule has 0 saturated carbocycles. The van der Waals surface area contributed by atoms with Gasteiger partial charge in [0.05, 0.1) is 19.1 Å². The molecule has 1 N–H and O–H groups in total. The lowest BCUT2D eigenvalue weighted by Crippen LogP contribution is -3.04. The second kappa shape index (κ2) is 6.28. The molecular formula is C15H17ClNS+. The SMILES string of the molecule is C[NH+](C)Cc1ccc(Sc2ccccc2Cl)cc1. The summed E-state index contributed by atoms with van der Waals surface area (Å²) in [6.45, 7) is 1.05. The predicted octanol–water partition coefficient (Wildman–Crippen LogP) is 3.14. The second-order valence-corrected chi connectivity index (χ2v) is 6.08. The Labute approximate surface area is 118 Å². The summed E-state index contributed by atoms with van der Waals surface area (Å²) in [5.41, 5.74) is 1.36. The number of nitrogens with one attached hydrogen (secondary N) is 1. The first kappa shape index (κ1) is 13.5. The van der Waals surface area contributed by atoms with Crippen molar-refractivity contribution in [2.24, 2.45) is 0 Å². The van der Waals surface area contributed by atoms with E-state index in [2.05, 4.69) is 38.4 Å². The zero-order valence-corrected chi connectivity index (χ0v) is 12.2. The van der Waals surface area contributed by atoms with Gasteiger partial charge in [0, 0.05) is 15.4 Å². The van der Waals surface area contributed by atoms with Gasteiger partial charge in [0.25, 0.3) is 0 Å². The minimum Gasteiger partial charge on any atom is -0.336 e. The highest BCUT2D eigenvalue weighted by atomic mass is 35.5. The largest absolute Gasteiger partial charge is 0.336 e. The van der Waals surface area contributed by atoms with Gasteiger partial charge < -0.3 is 4.90 Å². The highest BCUT2D eigenvalue weighted by Crippen LogP contribution is 2.32. The topological polar surface area (TPSA) is 4.44 Å². The Morgan fingerprint density at radius 1 is 1.00 bits per heavy atom. The first-order chi connectivity index (χ1) is 8.65. The lowest BCUT2D eigenvalue weighted by molar-refractivity contribution is -0.872. The van der Waals surface area contributed by atoms with Gasteiger partial charge in [0.1, 0.15) is 6.54 Å². The summed E-state index contributed by atoms with van der Waals surface area (Å²) in [5, 5.41) is 0.810. The van der Waals surface area contributed by atoms with Gasteiger partial charge in [-0.25, -0.2) is 0 Å². The van der Waals surface area contributed by atoms with Crippen LogP contribution in [0.3, 0.4) is 0 Å². The molecule has 0 unspecified atom stereocenters. The number of benzene rings is 2. The van der Waals surface area contributed by atoms with Crippen LogP contribution in [-0.4, -0.2) is 14.1 Å². The zero-order valence-electron chi connectivity index (χ0n) is 10.6. The van der Waals surface area contributed by atoms with Crippen LogP contribution < -0.4 is 4.90 Å². The van der Waals surface area contributed by atoms with E-state index < -0.39 is 0 Å². The van der Waals surface area contributed by atoms with Gasteiger partial charge >= 0.3 is 0 Å². The van der Waals surface area contributed by atoms with Crippen molar-refractivity contribution in [3.63, 3.8) is 0 Å². The van der Waals surface area contributed by atoms with Crippen molar-refractivity contribution in [2.45, 2.75) is 16.3 Å². The second-order valence-electron chi connectivity index (χ2n) is 4.56. The van der Waals surface area contributed by atoms with E-state index in [1.54, 1.807) is 11.8 Å². The van der Waals surface area contributed by atoms with Crippen molar-refractivity contribution in [1.29, 1.82) is 0 Å². The van der Waals surface area contributed by atoms with Crippen molar-refractivity contribution < 1.29 is 4.90 Å². The van der Waals surface area contributed by atoms with E-state index in [0.717, 1.165) is 16.5 Å². The number of hydrogen-bond donors (Lipinski definition) is 1. The molecule has 2 aromatic carbocycles. The highest BCUT2D eigenvalue weighted by Gasteiger charge is 2.03. The fraction of sp³-hybridized carbons (Fsp3) is 0.200. The Morgan fingerprint density at radius 3 is 2.28 bits per heavy atom. The molecular weight excluding hydrogens is 262 g/mol. The molecule has 2 aromatic rings. The van der Waals surface area contributed by atoms with Crippen molar-refractivity contribution in [3.8, 4) is 0 Å². The summed E-state index contributed by atoms with van der Waals surface area (Å²) in [6, 6.07) is 16.6.